The molecule has 1 aromatic rings. The third-order valence-corrected chi connectivity index (χ3v) is 2.59. The van der Waals surface area contributed by atoms with E-state index in [1.165, 1.54) is 6.07 Å². The molecule has 0 aliphatic carbocycles. The van der Waals surface area contributed by atoms with Crippen LogP contribution in [0.2, 0.25) is 0 Å². The summed E-state index contributed by atoms with van der Waals surface area (Å²) in [6.07, 6.45) is 0. The first-order valence-electron chi connectivity index (χ1n) is 5.31. The zero-order chi connectivity index (χ0) is 13.7. The SMILES string of the molecule is CC(C)NC(=O)COC(=O)c1ccc(F)cc1Br. The standard InChI is InChI=1S/C12H13BrFNO3/c1-7(2)15-11(16)6-18-12(17)9-4-3-8(14)5-10(9)13/h3-5,7H,6H2,1-2H3,(H,15,16). The molecule has 0 unspecified atom stereocenters. The second-order valence-electron chi connectivity index (χ2n) is 3.92. The molecule has 0 aromatic heterocycles. The van der Waals surface area contributed by atoms with Crippen molar-refractivity contribution < 1.29 is 18.7 Å². The number of hydrogen-bond donors (Lipinski definition) is 1. The largest absolute Gasteiger partial charge is 0.452 e. The monoisotopic (exact) mass is 317 g/mol. The maximum Gasteiger partial charge on any atom is 0.339 e. The van der Waals surface area contributed by atoms with Crippen LogP contribution in [-0.2, 0) is 9.53 Å². The van der Waals surface area contributed by atoms with Gasteiger partial charge in [0.25, 0.3) is 5.91 Å². The molecule has 0 aliphatic rings. The Hall–Kier alpha value is -1.43. The average Bonchev–Trinajstić information content (AvgIpc) is 2.25. The number of benzene rings is 1. The predicted octanol–water partition coefficient (Wildman–Crippen LogP) is 2.27. The summed E-state index contributed by atoms with van der Waals surface area (Å²) in [6, 6.07) is 3.58. The molecule has 4 nitrogen and oxygen atoms in total. The zero-order valence-electron chi connectivity index (χ0n) is 10.00. The van der Waals surface area contributed by atoms with Gasteiger partial charge in [-0.15, -0.1) is 0 Å². The Kier molecular flexibility index (Phi) is 5.27. The van der Waals surface area contributed by atoms with Gasteiger partial charge in [-0.2, -0.15) is 0 Å². The third kappa shape index (κ3) is 4.44. The molecular weight excluding hydrogens is 305 g/mol. The number of ether oxygens (including phenoxy) is 1. The number of nitrogens with one attached hydrogen (secondary N) is 1. The van der Waals surface area contributed by atoms with Gasteiger partial charge in [-0.05, 0) is 48.0 Å². The maximum atomic E-state index is 12.8. The van der Waals surface area contributed by atoms with E-state index in [-0.39, 0.29) is 28.6 Å². The Morgan fingerprint density at radius 2 is 2.11 bits per heavy atom. The van der Waals surface area contributed by atoms with Crippen molar-refractivity contribution in [1.29, 1.82) is 0 Å². The normalized spacial score (nSPS) is 10.3. The van der Waals surface area contributed by atoms with Crippen molar-refractivity contribution in [2.75, 3.05) is 6.61 Å². The highest BCUT2D eigenvalue weighted by molar-refractivity contribution is 9.10. The van der Waals surface area contributed by atoms with Crippen molar-refractivity contribution in [3.05, 3.63) is 34.1 Å². The van der Waals surface area contributed by atoms with E-state index in [4.69, 9.17) is 4.74 Å². The fraction of sp³-hybridized carbons (Fsp3) is 0.333. The van der Waals surface area contributed by atoms with Gasteiger partial charge in [-0.3, -0.25) is 4.79 Å². The first-order valence-corrected chi connectivity index (χ1v) is 6.11. The fourth-order valence-corrected chi connectivity index (χ4v) is 1.74. The number of amides is 1. The quantitative estimate of drug-likeness (QED) is 0.867. The molecule has 0 saturated carbocycles. The van der Waals surface area contributed by atoms with E-state index in [1.807, 2.05) is 0 Å². The van der Waals surface area contributed by atoms with Crippen molar-refractivity contribution in [3.8, 4) is 0 Å². The van der Waals surface area contributed by atoms with E-state index in [0.717, 1.165) is 12.1 Å². The van der Waals surface area contributed by atoms with E-state index in [9.17, 15) is 14.0 Å². The Morgan fingerprint density at radius 1 is 1.44 bits per heavy atom. The summed E-state index contributed by atoms with van der Waals surface area (Å²) in [6.45, 7) is 3.24. The first kappa shape index (κ1) is 14.6. The third-order valence-electron chi connectivity index (χ3n) is 1.94. The molecule has 0 fully saturated rings. The van der Waals surface area contributed by atoms with Crippen LogP contribution < -0.4 is 5.32 Å². The van der Waals surface area contributed by atoms with E-state index in [1.54, 1.807) is 13.8 Å². The maximum absolute atomic E-state index is 12.8. The van der Waals surface area contributed by atoms with Crippen LogP contribution in [0.5, 0.6) is 0 Å². The van der Waals surface area contributed by atoms with Gasteiger partial charge in [-0.25, -0.2) is 9.18 Å². The number of esters is 1. The number of hydrogen-bond acceptors (Lipinski definition) is 3. The van der Waals surface area contributed by atoms with Gasteiger partial charge in [0.15, 0.2) is 6.61 Å². The molecule has 0 bridgehead atoms. The second-order valence-corrected chi connectivity index (χ2v) is 4.78. The Labute approximate surface area is 113 Å². The van der Waals surface area contributed by atoms with Crippen LogP contribution in [0.4, 0.5) is 4.39 Å². The van der Waals surface area contributed by atoms with Crippen molar-refractivity contribution in [2.45, 2.75) is 19.9 Å². The Balaban J connectivity index is 2.58. The van der Waals surface area contributed by atoms with E-state index in [0.29, 0.717) is 0 Å². The lowest BCUT2D eigenvalue weighted by atomic mass is 10.2. The fourth-order valence-electron chi connectivity index (χ4n) is 1.23. The van der Waals surface area contributed by atoms with Gasteiger partial charge in [0.05, 0.1) is 5.56 Å². The number of rotatable bonds is 4. The molecule has 6 heteroatoms. The molecule has 1 rings (SSSR count). The zero-order valence-corrected chi connectivity index (χ0v) is 11.6. The van der Waals surface area contributed by atoms with E-state index < -0.39 is 11.8 Å². The molecule has 0 atom stereocenters. The summed E-state index contributed by atoms with van der Waals surface area (Å²) >= 11 is 3.05. The van der Waals surface area contributed by atoms with Crippen LogP contribution in [-0.4, -0.2) is 24.5 Å². The minimum atomic E-state index is -0.680. The first-order chi connectivity index (χ1) is 8.40. The van der Waals surface area contributed by atoms with Gasteiger partial charge < -0.3 is 10.1 Å². The Morgan fingerprint density at radius 3 is 2.67 bits per heavy atom. The molecule has 0 saturated heterocycles. The minimum Gasteiger partial charge on any atom is -0.452 e. The summed E-state index contributed by atoms with van der Waals surface area (Å²) in [5.41, 5.74) is 0.175. The molecule has 0 radical (unpaired) electrons. The van der Waals surface area contributed by atoms with Crippen molar-refractivity contribution in [1.82, 2.24) is 5.32 Å². The molecule has 18 heavy (non-hydrogen) atoms. The number of carbonyl (C=O) groups is 2. The molecule has 1 N–H and O–H groups in total. The molecule has 1 aromatic carbocycles. The summed E-state index contributed by atoms with van der Waals surface area (Å²) < 4.78 is 17.9. The number of halogens is 2. The van der Waals surface area contributed by atoms with Crippen LogP contribution >= 0.6 is 15.9 Å². The minimum absolute atomic E-state index is 0.0197. The van der Waals surface area contributed by atoms with Gasteiger partial charge in [0.1, 0.15) is 5.82 Å². The van der Waals surface area contributed by atoms with Crippen LogP contribution in [0.3, 0.4) is 0 Å². The highest BCUT2D eigenvalue weighted by Crippen LogP contribution is 2.18. The molecule has 98 valence electrons. The van der Waals surface area contributed by atoms with Gasteiger partial charge >= 0.3 is 5.97 Å². The van der Waals surface area contributed by atoms with Gasteiger partial charge in [0, 0.05) is 10.5 Å². The molecular formula is C12H13BrFNO3. The summed E-state index contributed by atoms with van der Waals surface area (Å²) in [5, 5.41) is 2.59. The lowest BCUT2D eigenvalue weighted by molar-refractivity contribution is -0.124. The number of carbonyl (C=O) groups excluding carboxylic acids is 2. The average molecular weight is 318 g/mol. The van der Waals surface area contributed by atoms with Crippen LogP contribution in [0.1, 0.15) is 24.2 Å². The predicted molar refractivity (Wildman–Crippen MR) is 67.7 cm³/mol. The lowest BCUT2D eigenvalue weighted by Crippen LogP contribution is -2.34. The smallest absolute Gasteiger partial charge is 0.339 e. The Bertz CT molecular complexity index is 463. The van der Waals surface area contributed by atoms with Crippen LogP contribution in [0.15, 0.2) is 22.7 Å². The molecule has 0 heterocycles. The molecule has 0 spiro atoms. The van der Waals surface area contributed by atoms with Gasteiger partial charge in [-0.1, -0.05) is 0 Å². The van der Waals surface area contributed by atoms with Crippen molar-refractivity contribution >= 4 is 27.8 Å². The summed E-state index contributed by atoms with van der Waals surface area (Å²) in [5.74, 6) is -1.52. The summed E-state index contributed by atoms with van der Waals surface area (Å²) in [4.78, 5) is 22.9. The highest BCUT2D eigenvalue weighted by Gasteiger charge is 2.14. The van der Waals surface area contributed by atoms with Gasteiger partial charge in [0.2, 0.25) is 0 Å². The van der Waals surface area contributed by atoms with Crippen LogP contribution in [0.25, 0.3) is 0 Å². The van der Waals surface area contributed by atoms with Crippen LogP contribution in [0, 0.1) is 5.82 Å². The molecule has 1 amide bonds. The summed E-state index contributed by atoms with van der Waals surface area (Å²) in [7, 11) is 0. The van der Waals surface area contributed by atoms with Crippen molar-refractivity contribution in [2.24, 2.45) is 0 Å². The van der Waals surface area contributed by atoms with E-state index in [2.05, 4.69) is 21.2 Å². The van der Waals surface area contributed by atoms with Crippen molar-refractivity contribution in [3.63, 3.8) is 0 Å². The topological polar surface area (TPSA) is 55.4 Å². The van der Waals surface area contributed by atoms with E-state index >= 15 is 0 Å². The molecule has 0 aliphatic heterocycles. The lowest BCUT2D eigenvalue weighted by Gasteiger charge is -2.09. The highest BCUT2D eigenvalue weighted by atomic mass is 79.9. The second kappa shape index (κ2) is 6.49.